The van der Waals surface area contributed by atoms with Crippen LogP contribution in [0.2, 0.25) is 0 Å². The van der Waals surface area contributed by atoms with Crippen LogP contribution in [0.3, 0.4) is 0 Å². The monoisotopic (exact) mass is 353 g/mol. The Balaban J connectivity index is 1.87. The molecule has 0 radical (unpaired) electrons. The predicted molar refractivity (Wildman–Crippen MR) is 85.8 cm³/mol. The summed E-state index contributed by atoms with van der Waals surface area (Å²) in [5.74, 6) is 0.233. The zero-order chi connectivity index (χ0) is 16.4. The maximum atomic E-state index is 12.4. The van der Waals surface area contributed by atoms with E-state index in [1.807, 2.05) is 0 Å². The van der Waals surface area contributed by atoms with Crippen LogP contribution in [0.4, 0.5) is 0 Å². The molecule has 1 amide bonds. The van der Waals surface area contributed by atoms with Crippen LogP contribution in [0.25, 0.3) is 0 Å². The molecule has 0 aliphatic carbocycles. The molecule has 0 bridgehead atoms. The zero-order valence-electron chi connectivity index (χ0n) is 12.4. The van der Waals surface area contributed by atoms with Crippen LogP contribution >= 0.6 is 11.3 Å². The van der Waals surface area contributed by atoms with Crippen molar-refractivity contribution in [3.05, 3.63) is 40.1 Å². The first-order valence-electron chi connectivity index (χ1n) is 6.98. The molecule has 6 nitrogen and oxygen atoms in total. The molecule has 1 N–H and O–H groups in total. The quantitative estimate of drug-likeness (QED) is 0.916. The van der Waals surface area contributed by atoms with Gasteiger partial charge in [-0.25, -0.2) is 13.1 Å². The van der Waals surface area contributed by atoms with E-state index in [1.165, 1.54) is 29.5 Å². The Morgan fingerprint density at radius 1 is 1.17 bits per heavy atom. The first-order valence-corrected chi connectivity index (χ1v) is 9.34. The Labute approximate surface area is 138 Å². The van der Waals surface area contributed by atoms with Gasteiger partial charge in [-0.05, 0) is 36.1 Å². The highest BCUT2D eigenvalue weighted by Gasteiger charge is 2.23. The fourth-order valence-electron chi connectivity index (χ4n) is 2.14. The van der Waals surface area contributed by atoms with Gasteiger partial charge in [0.05, 0.1) is 23.0 Å². The van der Waals surface area contributed by atoms with E-state index < -0.39 is 15.9 Å². The highest BCUT2D eigenvalue weighted by molar-refractivity contribution is 7.90. The van der Waals surface area contributed by atoms with Crippen LogP contribution in [0, 0.1) is 6.92 Å². The molecule has 1 aromatic carbocycles. The highest BCUT2D eigenvalue weighted by Crippen LogP contribution is 2.32. The molecular formula is C15H15NO5S2. The van der Waals surface area contributed by atoms with Gasteiger partial charge in [0.2, 0.25) is 0 Å². The van der Waals surface area contributed by atoms with Crippen molar-refractivity contribution in [2.45, 2.75) is 18.2 Å². The van der Waals surface area contributed by atoms with Crippen molar-refractivity contribution in [3.63, 3.8) is 0 Å². The van der Waals surface area contributed by atoms with Gasteiger partial charge in [0.1, 0.15) is 0 Å². The first kappa shape index (κ1) is 15.8. The Morgan fingerprint density at radius 2 is 1.91 bits per heavy atom. The molecule has 0 saturated heterocycles. The topological polar surface area (TPSA) is 81.7 Å². The minimum atomic E-state index is -3.98. The van der Waals surface area contributed by atoms with Gasteiger partial charge in [0, 0.05) is 12.5 Å². The van der Waals surface area contributed by atoms with E-state index in [0.717, 1.165) is 12.0 Å². The Morgan fingerprint density at radius 3 is 2.61 bits per heavy atom. The van der Waals surface area contributed by atoms with Gasteiger partial charge in [-0.2, -0.15) is 0 Å². The normalized spacial score (nSPS) is 14.1. The summed E-state index contributed by atoms with van der Waals surface area (Å²) in [5, 5.41) is 1.74. The van der Waals surface area contributed by atoms with Gasteiger partial charge in [-0.3, -0.25) is 4.79 Å². The Hall–Kier alpha value is -2.06. The van der Waals surface area contributed by atoms with Gasteiger partial charge in [0.15, 0.2) is 11.5 Å². The third-order valence-electron chi connectivity index (χ3n) is 3.32. The van der Waals surface area contributed by atoms with Crippen molar-refractivity contribution in [2.24, 2.45) is 0 Å². The van der Waals surface area contributed by atoms with Crippen LogP contribution < -0.4 is 14.2 Å². The van der Waals surface area contributed by atoms with Gasteiger partial charge in [-0.15, -0.1) is 11.3 Å². The van der Waals surface area contributed by atoms with Crippen molar-refractivity contribution >= 4 is 27.3 Å². The van der Waals surface area contributed by atoms with Gasteiger partial charge in [-0.1, -0.05) is 0 Å². The Bertz CT molecular complexity index is 841. The SMILES string of the molecule is Cc1ccsc1C(=O)NS(=O)(=O)c1ccc2c(c1)OCCCO2. The largest absolute Gasteiger partial charge is 0.490 e. The molecule has 0 spiro atoms. The second-order valence-corrected chi connectivity index (χ2v) is 7.62. The number of aryl methyl sites for hydroxylation is 1. The number of nitrogens with one attached hydrogen (secondary N) is 1. The van der Waals surface area contributed by atoms with Crippen molar-refractivity contribution < 1.29 is 22.7 Å². The lowest BCUT2D eigenvalue weighted by molar-refractivity contribution is 0.0985. The third-order valence-corrected chi connectivity index (χ3v) is 5.67. The second-order valence-electron chi connectivity index (χ2n) is 5.03. The lowest BCUT2D eigenvalue weighted by Crippen LogP contribution is -2.30. The van der Waals surface area contributed by atoms with Crippen molar-refractivity contribution in [2.75, 3.05) is 13.2 Å². The Kier molecular flexibility index (Phi) is 4.27. The maximum Gasteiger partial charge on any atom is 0.275 e. The number of carbonyl (C=O) groups excluding carboxylic acids is 1. The molecule has 8 heteroatoms. The molecule has 1 aliphatic heterocycles. The molecule has 122 valence electrons. The van der Waals surface area contributed by atoms with Crippen LogP contribution in [0.1, 0.15) is 21.7 Å². The minimum absolute atomic E-state index is 0.0377. The smallest absolute Gasteiger partial charge is 0.275 e. The number of amides is 1. The number of fused-ring (bicyclic) bond motifs is 1. The van der Waals surface area contributed by atoms with Gasteiger partial charge < -0.3 is 9.47 Å². The van der Waals surface area contributed by atoms with E-state index in [-0.39, 0.29) is 4.90 Å². The predicted octanol–water partition coefficient (Wildman–Crippen LogP) is 2.34. The number of thiophene rings is 1. The minimum Gasteiger partial charge on any atom is -0.490 e. The summed E-state index contributed by atoms with van der Waals surface area (Å²) in [7, 11) is -3.98. The lowest BCUT2D eigenvalue weighted by Gasteiger charge is -2.10. The highest BCUT2D eigenvalue weighted by atomic mass is 32.2. The molecule has 23 heavy (non-hydrogen) atoms. The van der Waals surface area contributed by atoms with Crippen LogP contribution in [-0.4, -0.2) is 27.5 Å². The molecular weight excluding hydrogens is 338 g/mol. The van der Waals surface area contributed by atoms with Crippen molar-refractivity contribution in [1.29, 1.82) is 0 Å². The number of benzene rings is 1. The number of hydrogen-bond acceptors (Lipinski definition) is 6. The maximum absolute atomic E-state index is 12.4. The van der Waals surface area contributed by atoms with Crippen molar-refractivity contribution in [3.8, 4) is 11.5 Å². The standard InChI is InChI=1S/C15H15NO5S2/c1-10-5-8-22-14(10)15(17)16-23(18,19)11-3-4-12-13(9-11)21-7-2-6-20-12/h3-5,8-9H,2,6-7H2,1H3,(H,16,17). The first-order chi connectivity index (χ1) is 11.0. The summed E-state index contributed by atoms with van der Waals surface area (Å²) in [5.41, 5.74) is 0.737. The summed E-state index contributed by atoms with van der Waals surface area (Å²) in [6.45, 7) is 2.73. The summed E-state index contributed by atoms with van der Waals surface area (Å²) in [6, 6.07) is 6.07. The number of carbonyl (C=O) groups is 1. The number of rotatable bonds is 3. The van der Waals surface area contributed by atoms with E-state index in [4.69, 9.17) is 9.47 Å². The molecule has 2 heterocycles. The summed E-state index contributed by atoms with van der Waals surface area (Å²) in [4.78, 5) is 12.5. The summed E-state index contributed by atoms with van der Waals surface area (Å²) < 4.78 is 37.8. The van der Waals surface area contributed by atoms with E-state index >= 15 is 0 Å². The molecule has 2 aromatic rings. The molecule has 0 fully saturated rings. The van der Waals surface area contributed by atoms with Gasteiger partial charge >= 0.3 is 0 Å². The van der Waals surface area contributed by atoms with E-state index in [1.54, 1.807) is 18.4 Å². The number of sulfonamides is 1. The number of ether oxygens (including phenoxy) is 2. The second kappa shape index (κ2) is 6.21. The molecule has 3 rings (SSSR count). The lowest BCUT2D eigenvalue weighted by atomic mass is 10.3. The molecule has 1 aromatic heterocycles. The molecule has 1 aliphatic rings. The molecule has 0 unspecified atom stereocenters. The molecule has 0 atom stereocenters. The van der Waals surface area contributed by atoms with Gasteiger partial charge in [0.25, 0.3) is 15.9 Å². The number of hydrogen-bond donors (Lipinski definition) is 1. The average Bonchev–Trinajstić information content (AvgIpc) is 2.80. The fourth-order valence-corrected chi connectivity index (χ4v) is 4.00. The summed E-state index contributed by atoms with van der Waals surface area (Å²) >= 11 is 1.20. The van der Waals surface area contributed by atoms with E-state index in [9.17, 15) is 13.2 Å². The van der Waals surface area contributed by atoms with Crippen LogP contribution in [0.5, 0.6) is 11.5 Å². The fraction of sp³-hybridized carbons (Fsp3) is 0.267. The van der Waals surface area contributed by atoms with Crippen molar-refractivity contribution in [1.82, 2.24) is 4.72 Å². The van der Waals surface area contributed by atoms with E-state index in [0.29, 0.717) is 29.6 Å². The molecule has 0 saturated carbocycles. The van der Waals surface area contributed by atoms with Crippen LogP contribution in [-0.2, 0) is 10.0 Å². The average molecular weight is 353 g/mol. The van der Waals surface area contributed by atoms with E-state index in [2.05, 4.69) is 4.72 Å². The summed E-state index contributed by atoms with van der Waals surface area (Å²) in [6.07, 6.45) is 0.727. The third kappa shape index (κ3) is 3.32. The zero-order valence-corrected chi connectivity index (χ0v) is 14.0. The van der Waals surface area contributed by atoms with Crippen LogP contribution in [0.15, 0.2) is 34.5 Å².